The van der Waals surface area contributed by atoms with Crippen molar-refractivity contribution in [2.24, 2.45) is 5.41 Å². The molecule has 0 radical (unpaired) electrons. The molecule has 2 aromatic heterocycles. The Morgan fingerprint density at radius 1 is 1.20 bits per heavy atom. The molecule has 7 heteroatoms. The average Bonchev–Trinajstić information content (AvgIpc) is 3.08. The smallest absolute Gasteiger partial charge is 0.175 e. The Hall–Kier alpha value is -1.99. The van der Waals surface area contributed by atoms with Gasteiger partial charge < -0.3 is 14.7 Å². The van der Waals surface area contributed by atoms with Gasteiger partial charge in [0.1, 0.15) is 0 Å². The Morgan fingerprint density at radius 3 is 2.48 bits per heavy atom. The molecule has 7 nitrogen and oxygen atoms in total. The maximum Gasteiger partial charge on any atom is 0.175 e. The van der Waals surface area contributed by atoms with Crippen LogP contribution in [0.3, 0.4) is 0 Å². The van der Waals surface area contributed by atoms with Gasteiger partial charge in [0.15, 0.2) is 11.6 Å². The summed E-state index contributed by atoms with van der Waals surface area (Å²) in [4.78, 5) is 2.24. The first-order valence-corrected chi connectivity index (χ1v) is 9.03. The lowest BCUT2D eigenvalue weighted by Gasteiger charge is -2.56. The molecular formula is C18H25N5O2. The van der Waals surface area contributed by atoms with E-state index in [1.54, 1.807) is 4.68 Å². The first-order chi connectivity index (χ1) is 12.1. The van der Waals surface area contributed by atoms with Crippen LogP contribution >= 0.6 is 0 Å². The third-order valence-electron chi connectivity index (χ3n) is 5.72. The van der Waals surface area contributed by atoms with Crippen LogP contribution in [0.4, 0.5) is 5.82 Å². The standard InChI is InChI=1S/C18H25N5O2/c1-3-25-15-12-14(24)18(15)7-10-22(11-8-18)16-4-5-17(20-19-16)23-9-6-13(2)21-23/h4-6,9,14-15,24H,3,7-8,10-12H2,1-2H3/t14-,15+/m1/s1. The average molecular weight is 343 g/mol. The van der Waals surface area contributed by atoms with Crippen LogP contribution in [-0.4, -0.2) is 57.0 Å². The molecule has 25 heavy (non-hydrogen) atoms. The molecule has 0 unspecified atom stereocenters. The summed E-state index contributed by atoms with van der Waals surface area (Å²) >= 11 is 0. The maximum absolute atomic E-state index is 10.3. The summed E-state index contributed by atoms with van der Waals surface area (Å²) in [7, 11) is 0. The number of aryl methyl sites for hydroxylation is 1. The van der Waals surface area contributed by atoms with Crippen molar-refractivity contribution in [3.8, 4) is 5.82 Å². The van der Waals surface area contributed by atoms with Gasteiger partial charge in [0.05, 0.1) is 17.9 Å². The second-order valence-electron chi connectivity index (χ2n) is 7.07. The molecule has 1 spiro atoms. The fraction of sp³-hybridized carbons (Fsp3) is 0.611. The van der Waals surface area contributed by atoms with Crippen molar-refractivity contribution in [1.29, 1.82) is 0 Å². The van der Waals surface area contributed by atoms with E-state index in [1.165, 1.54) is 0 Å². The predicted molar refractivity (Wildman–Crippen MR) is 93.8 cm³/mol. The Bertz CT molecular complexity index is 719. The molecule has 2 aliphatic rings. The fourth-order valence-corrected chi connectivity index (χ4v) is 4.12. The minimum Gasteiger partial charge on any atom is -0.392 e. The van der Waals surface area contributed by atoms with Gasteiger partial charge >= 0.3 is 0 Å². The highest BCUT2D eigenvalue weighted by molar-refractivity contribution is 5.40. The zero-order valence-corrected chi connectivity index (χ0v) is 14.8. The van der Waals surface area contributed by atoms with Gasteiger partial charge in [0.2, 0.25) is 0 Å². The van der Waals surface area contributed by atoms with E-state index >= 15 is 0 Å². The number of rotatable bonds is 4. The highest BCUT2D eigenvalue weighted by Crippen LogP contribution is 2.51. The minimum absolute atomic E-state index is 0.0630. The number of aliphatic hydroxyl groups excluding tert-OH is 1. The molecule has 0 aromatic carbocycles. The number of nitrogens with zero attached hydrogens (tertiary/aromatic N) is 5. The first-order valence-electron chi connectivity index (χ1n) is 9.03. The first kappa shape index (κ1) is 16.5. The quantitative estimate of drug-likeness (QED) is 0.911. The van der Waals surface area contributed by atoms with Crippen molar-refractivity contribution in [2.75, 3.05) is 24.6 Å². The Balaban J connectivity index is 1.42. The van der Waals surface area contributed by atoms with Crippen LogP contribution in [0.1, 0.15) is 31.9 Å². The van der Waals surface area contributed by atoms with E-state index in [9.17, 15) is 5.11 Å². The van der Waals surface area contributed by atoms with E-state index in [4.69, 9.17) is 4.74 Å². The molecular weight excluding hydrogens is 318 g/mol. The Morgan fingerprint density at radius 2 is 1.92 bits per heavy atom. The van der Waals surface area contributed by atoms with Crippen molar-refractivity contribution < 1.29 is 9.84 Å². The van der Waals surface area contributed by atoms with Gasteiger partial charge in [-0.05, 0) is 44.9 Å². The molecule has 1 saturated heterocycles. The summed E-state index contributed by atoms with van der Waals surface area (Å²) < 4.78 is 7.56. The number of piperidine rings is 1. The monoisotopic (exact) mass is 343 g/mol. The van der Waals surface area contributed by atoms with Gasteiger partial charge in [-0.1, -0.05) is 0 Å². The molecule has 2 atom stereocenters. The maximum atomic E-state index is 10.3. The third-order valence-corrected chi connectivity index (χ3v) is 5.72. The normalized spacial score (nSPS) is 25.2. The summed E-state index contributed by atoms with van der Waals surface area (Å²) in [6.45, 7) is 6.42. The van der Waals surface area contributed by atoms with Crippen LogP contribution in [0.2, 0.25) is 0 Å². The Kier molecular flexibility index (Phi) is 4.21. The van der Waals surface area contributed by atoms with E-state index < -0.39 is 0 Å². The highest BCUT2D eigenvalue weighted by atomic mass is 16.5. The largest absolute Gasteiger partial charge is 0.392 e. The van der Waals surface area contributed by atoms with Crippen LogP contribution in [0.15, 0.2) is 24.4 Å². The van der Waals surface area contributed by atoms with Crippen molar-refractivity contribution in [1.82, 2.24) is 20.0 Å². The van der Waals surface area contributed by atoms with Crippen molar-refractivity contribution in [2.45, 2.75) is 45.3 Å². The second-order valence-corrected chi connectivity index (χ2v) is 7.07. The highest BCUT2D eigenvalue weighted by Gasteiger charge is 2.56. The molecule has 1 saturated carbocycles. The zero-order valence-electron chi connectivity index (χ0n) is 14.8. The molecule has 1 aliphatic carbocycles. The van der Waals surface area contributed by atoms with Crippen LogP contribution in [0, 0.1) is 12.3 Å². The molecule has 1 N–H and O–H groups in total. The topological polar surface area (TPSA) is 76.3 Å². The molecule has 3 heterocycles. The second kappa shape index (κ2) is 6.38. The molecule has 1 aliphatic heterocycles. The summed E-state index contributed by atoms with van der Waals surface area (Å²) in [5.41, 5.74) is 0.891. The number of anilines is 1. The number of aromatic nitrogens is 4. The van der Waals surface area contributed by atoms with Crippen LogP contribution in [-0.2, 0) is 4.74 Å². The molecule has 134 valence electrons. The fourth-order valence-electron chi connectivity index (χ4n) is 4.12. The zero-order chi connectivity index (χ0) is 17.4. The number of aliphatic hydroxyl groups is 1. The van der Waals surface area contributed by atoms with Crippen LogP contribution < -0.4 is 4.90 Å². The Labute approximate surface area is 147 Å². The van der Waals surface area contributed by atoms with E-state index in [1.807, 2.05) is 38.2 Å². The number of hydrogen-bond acceptors (Lipinski definition) is 6. The van der Waals surface area contributed by atoms with Gasteiger partial charge in [0.25, 0.3) is 0 Å². The number of ether oxygens (including phenoxy) is 1. The molecule has 0 bridgehead atoms. The van der Waals surface area contributed by atoms with Crippen molar-refractivity contribution >= 4 is 5.82 Å². The molecule has 2 aromatic rings. The van der Waals surface area contributed by atoms with Crippen molar-refractivity contribution in [3.05, 3.63) is 30.1 Å². The van der Waals surface area contributed by atoms with Crippen molar-refractivity contribution in [3.63, 3.8) is 0 Å². The van der Waals surface area contributed by atoms with Crippen LogP contribution in [0.5, 0.6) is 0 Å². The van der Waals surface area contributed by atoms with Crippen LogP contribution in [0.25, 0.3) is 5.82 Å². The van der Waals surface area contributed by atoms with Gasteiger partial charge in [-0.15, -0.1) is 10.2 Å². The van der Waals surface area contributed by atoms with E-state index in [0.29, 0.717) is 6.61 Å². The van der Waals surface area contributed by atoms with E-state index in [0.717, 1.165) is 49.7 Å². The summed E-state index contributed by atoms with van der Waals surface area (Å²) in [6, 6.07) is 5.88. The van der Waals surface area contributed by atoms with Gasteiger partial charge in [-0.3, -0.25) is 0 Å². The molecule has 0 amide bonds. The lowest BCUT2D eigenvalue weighted by atomic mass is 9.58. The van der Waals surface area contributed by atoms with E-state index in [-0.39, 0.29) is 17.6 Å². The lowest BCUT2D eigenvalue weighted by molar-refractivity contribution is -0.199. The van der Waals surface area contributed by atoms with Gasteiger partial charge in [-0.2, -0.15) is 5.10 Å². The van der Waals surface area contributed by atoms with Gasteiger partial charge in [-0.25, -0.2) is 4.68 Å². The van der Waals surface area contributed by atoms with Gasteiger partial charge in [0, 0.05) is 37.7 Å². The molecule has 2 fully saturated rings. The lowest BCUT2D eigenvalue weighted by Crippen LogP contribution is -2.62. The number of hydrogen-bond donors (Lipinski definition) is 1. The summed E-state index contributed by atoms with van der Waals surface area (Å²) in [5, 5.41) is 23.3. The third kappa shape index (κ3) is 2.81. The SMILES string of the molecule is CCO[C@H]1C[C@@H](O)C12CCN(c1ccc(-n3ccc(C)n3)nn1)CC2. The van der Waals surface area contributed by atoms with E-state index in [2.05, 4.69) is 20.2 Å². The summed E-state index contributed by atoms with van der Waals surface area (Å²) in [6.07, 6.45) is 4.48. The predicted octanol–water partition coefficient (Wildman–Crippen LogP) is 1.73. The molecule has 4 rings (SSSR count). The summed E-state index contributed by atoms with van der Waals surface area (Å²) in [5.74, 6) is 1.60. The minimum atomic E-state index is -0.234.